The van der Waals surface area contributed by atoms with E-state index in [0.29, 0.717) is 50.2 Å². The SMILES string of the molecule is COc1cc2cc(C(=O)N3C[C@@H](CCl)c4c3cc(OP(=O)(O)OP(=O)(O)OCCNC(=O)OCC3c5ccccc5-c5ccccc53)c3ccccc43)[nH]c2c(OC)c1OC. The van der Waals surface area contributed by atoms with Gasteiger partial charge in [0.05, 0.1) is 39.1 Å². The number of aromatic amines is 1. The van der Waals surface area contributed by atoms with Crippen LogP contribution in [-0.2, 0) is 22.7 Å². The number of methoxy groups -OCH3 is 3. The highest BCUT2D eigenvalue weighted by atomic mass is 35.5. The van der Waals surface area contributed by atoms with Crippen LogP contribution >= 0.6 is 27.2 Å². The van der Waals surface area contributed by atoms with E-state index in [0.717, 1.165) is 22.3 Å². The number of phosphoric acid groups is 2. The number of halogens is 1. The molecule has 16 nitrogen and oxygen atoms in total. The molecule has 2 unspecified atom stereocenters. The Balaban J connectivity index is 0.946. The number of carbonyl (C=O) groups excluding carboxylic acids is 2. The first-order valence-electron chi connectivity index (χ1n) is 18.9. The van der Waals surface area contributed by atoms with Gasteiger partial charge >= 0.3 is 21.7 Å². The second-order valence-electron chi connectivity index (χ2n) is 14.1. The third-order valence-electron chi connectivity index (χ3n) is 10.6. The molecule has 8 rings (SSSR count). The van der Waals surface area contributed by atoms with Crippen LogP contribution in [0.3, 0.4) is 0 Å². The molecule has 3 atom stereocenters. The zero-order chi connectivity index (χ0) is 43.1. The average molecular weight is 892 g/mol. The van der Waals surface area contributed by atoms with Crippen molar-refractivity contribution in [1.82, 2.24) is 10.3 Å². The van der Waals surface area contributed by atoms with Crippen molar-refractivity contribution in [2.75, 3.05) is 58.4 Å². The monoisotopic (exact) mass is 891 g/mol. The van der Waals surface area contributed by atoms with Crippen LogP contribution in [0.4, 0.5) is 10.5 Å². The van der Waals surface area contributed by atoms with Crippen LogP contribution in [0, 0.1) is 0 Å². The highest BCUT2D eigenvalue weighted by Crippen LogP contribution is 2.61. The molecule has 1 aromatic heterocycles. The van der Waals surface area contributed by atoms with Crippen molar-refractivity contribution in [3.63, 3.8) is 0 Å². The number of ether oxygens (including phenoxy) is 4. The van der Waals surface area contributed by atoms with Gasteiger partial charge in [0, 0.05) is 47.6 Å². The van der Waals surface area contributed by atoms with Crippen molar-refractivity contribution < 1.29 is 60.8 Å². The largest absolute Gasteiger partial charge is 0.536 e. The summed E-state index contributed by atoms with van der Waals surface area (Å²) in [4.78, 5) is 52.7. The predicted octanol–water partition coefficient (Wildman–Crippen LogP) is 8.48. The molecule has 0 saturated carbocycles. The molecule has 0 fully saturated rings. The maximum absolute atomic E-state index is 14.3. The molecule has 318 valence electrons. The van der Waals surface area contributed by atoms with Crippen molar-refractivity contribution in [2.24, 2.45) is 0 Å². The summed E-state index contributed by atoms with van der Waals surface area (Å²) < 4.78 is 63.3. The predicted molar refractivity (Wildman–Crippen MR) is 227 cm³/mol. The molecule has 1 aliphatic heterocycles. The zero-order valence-corrected chi connectivity index (χ0v) is 35.5. The van der Waals surface area contributed by atoms with Crippen molar-refractivity contribution >= 4 is 66.6 Å². The van der Waals surface area contributed by atoms with Gasteiger partial charge in [0.25, 0.3) is 5.91 Å². The fourth-order valence-electron chi connectivity index (χ4n) is 8.07. The summed E-state index contributed by atoms with van der Waals surface area (Å²) in [5.41, 5.74) is 5.88. The van der Waals surface area contributed by atoms with Crippen LogP contribution in [0.5, 0.6) is 23.0 Å². The van der Waals surface area contributed by atoms with E-state index >= 15 is 0 Å². The lowest BCUT2D eigenvalue weighted by Crippen LogP contribution is -2.30. The first-order valence-corrected chi connectivity index (χ1v) is 22.4. The Morgan fingerprint density at radius 3 is 2.15 bits per heavy atom. The van der Waals surface area contributed by atoms with Crippen molar-refractivity contribution in [2.45, 2.75) is 11.8 Å². The Morgan fingerprint density at radius 2 is 1.49 bits per heavy atom. The maximum atomic E-state index is 14.3. The first-order chi connectivity index (χ1) is 29.4. The topological polar surface area (TPSA) is 204 Å². The Hall–Kier alpha value is -5.57. The Kier molecular flexibility index (Phi) is 11.8. The van der Waals surface area contributed by atoms with Crippen LogP contribution < -0.4 is 29.0 Å². The van der Waals surface area contributed by atoms with E-state index in [4.69, 9.17) is 39.6 Å². The number of H-pyrrole nitrogens is 1. The van der Waals surface area contributed by atoms with Gasteiger partial charge < -0.3 is 43.6 Å². The molecule has 0 spiro atoms. The van der Waals surface area contributed by atoms with Gasteiger partial charge in [-0.25, -0.2) is 13.9 Å². The molecule has 0 saturated heterocycles. The summed E-state index contributed by atoms with van der Waals surface area (Å²) in [5, 5.41) is 3.95. The van der Waals surface area contributed by atoms with Gasteiger partial charge in [-0.3, -0.25) is 14.2 Å². The van der Waals surface area contributed by atoms with E-state index in [1.54, 1.807) is 36.4 Å². The number of anilines is 1. The zero-order valence-electron chi connectivity index (χ0n) is 33.0. The van der Waals surface area contributed by atoms with E-state index in [9.17, 15) is 28.5 Å². The molecule has 2 heterocycles. The van der Waals surface area contributed by atoms with Crippen molar-refractivity contribution in [1.29, 1.82) is 0 Å². The minimum atomic E-state index is -5.40. The number of benzene rings is 5. The molecule has 0 radical (unpaired) electrons. The Bertz CT molecular complexity index is 2740. The standard InChI is InChI=1S/C42H40ClN3O13P2/c1-53-36-19-24-18-33(45-38(24)40(55-3)39(36)54-2)41(47)46-22-25(21-43)37-31-15-9-8-14-30(31)35(20-34(37)46)58-61(51,52)59-60(49,50)57-17-16-44-42(48)56-23-32-28-12-6-4-10-26(28)27-11-5-7-13-29(27)32/h4-15,18-20,25,32,45H,16-17,21-23H2,1-3H3,(H,44,48)(H,49,50)(H,51,52)/t25-/m1/s1. The van der Waals surface area contributed by atoms with Crippen LogP contribution in [-0.4, -0.2) is 80.3 Å². The van der Waals surface area contributed by atoms with E-state index in [1.165, 1.54) is 32.3 Å². The minimum absolute atomic E-state index is 0.0483. The molecule has 1 aliphatic carbocycles. The van der Waals surface area contributed by atoms with Gasteiger partial charge in [-0.05, 0) is 45.3 Å². The molecule has 0 bridgehead atoms. The molecule has 6 aromatic rings. The van der Waals surface area contributed by atoms with Crippen LogP contribution in [0.15, 0.2) is 91.0 Å². The molecular weight excluding hydrogens is 852 g/mol. The molecule has 19 heteroatoms. The van der Waals surface area contributed by atoms with Gasteiger partial charge in [-0.15, -0.1) is 11.6 Å². The van der Waals surface area contributed by atoms with E-state index < -0.39 is 34.3 Å². The Labute approximate surface area is 354 Å². The number of rotatable bonds is 15. The number of alkyl carbamates (subject to hydrolysis) is 1. The van der Waals surface area contributed by atoms with Gasteiger partial charge in [0.1, 0.15) is 18.1 Å². The number of carbonyl (C=O) groups is 2. The van der Waals surface area contributed by atoms with Crippen molar-refractivity contribution in [3.05, 3.63) is 113 Å². The second kappa shape index (κ2) is 17.1. The summed E-state index contributed by atoms with van der Waals surface area (Å²) in [5.74, 6) is -0.0139. The number of nitrogens with one attached hydrogen (secondary N) is 2. The normalized spacial score (nSPS) is 16.3. The quantitative estimate of drug-likeness (QED) is 0.0434. The lowest BCUT2D eigenvalue weighted by molar-refractivity contribution is 0.0984. The molecular formula is C42H40ClN3O13P2. The summed E-state index contributed by atoms with van der Waals surface area (Å²) in [6.07, 6.45) is -0.799. The number of nitrogens with zero attached hydrogens (tertiary/aromatic N) is 1. The number of hydrogen-bond donors (Lipinski definition) is 4. The summed E-state index contributed by atoms with van der Waals surface area (Å²) in [7, 11) is -6.24. The lowest BCUT2D eigenvalue weighted by atomic mass is 9.95. The van der Waals surface area contributed by atoms with Gasteiger partial charge in [0.2, 0.25) is 5.75 Å². The van der Waals surface area contributed by atoms with Crippen LogP contribution in [0.1, 0.15) is 39.0 Å². The van der Waals surface area contributed by atoms with Crippen molar-refractivity contribution in [3.8, 4) is 34.1 Å². The van der Waals surface area contributed by atoms with E-state index in [1.807, 2.05) is 48.5 Å². The lowest BCUT2D eigenvalue weighted by Gasteiger charge is -2.21. The third-order valence-corrected chi connectivity index (χ3v) is 13.6. The first kappa shape index (κ1) is 42.1. The number of alkyl halides is 1. The highest BCUT2D eigenvalue weighted by Gasteiger charge is 2.40. The van der Waals surface area contributed by atoms with E-state index in [2.05, 4.69) is 14.6 Å². The fourth-order valence-corrected chi connectivity index (χ4v) is 10.4. The summed E-state index contributed by atoms with van der Waals surface area (Å²) >= 11 is 6.46. The number of amides is 2. The molecule has 61 heavy (non-hydrogen) atoms. The maximum Gasteiger partial charge on any atom is 0.536 e. The Morgan fingerprint density at radius 1 is 0.836 bits per heavy atom. The number of fused-ring (bicyclic) bond motifs is 7. The fraction of sp³-hybridized carbons (Fsp3) is 0.238. The average Bonchev–Trinajstić information content (AvgIpc) is 3.95. The molecule has 5 aromatic carbocycles. The highest BCUT2D eigenvalue weighted by molar-refractivity contribution is 7.61. The van der Waals surface area contributed by atoms with Gasteiger partial charge in [-0.2, -0.15) is 4.31 Å². The second-order valence-corrected chi connectivity index (χ2v) is 17.4. The number of hydrogen-bond acceptors (Lipinski definition) is 11. The molecule has 2 aliphatic rings. The number of aromatic nitrogens is 1. The summed E-state index contributed by atoms with van der Waals surface area (Å²) in [6, 6.07) is 27.2. The molecule has 4 N–H and O–H groups in total. The van der Waals surface area contributed by atoms with Crippen LogP contribution in [0.2, 0.25) is 0 Å². The minimum Gasteiger partial charge on any atom is -0.493 e. The number of phosphoric ester groups is 2. The van der Waals surface area contributed by atoms with Crippen LogP contribution in [0.25, 0.3) is 32.8 Å². The van der Waals surface area contributed by atoms with Gasteiger partial charge in [-0.1, -0.05) is 72.8 Å². The van der Waals surface area contributed by atoms with Gasteiger partial charge in [0.15, 0.2) is 11.5 Å². The smallest absolute Gasteiger partial charge is 0.493 e. The third kappa shape index (κ3) is 8.16. The molecule has 2 amide bonds. The van der Waals surface area contributed by atoms with E-state index in [-0.39, 0.29) is 48.9 Å². The summed E-state index contributed by atoms with van der Waals surface area (Å²) in [6.45, 7) is -0.684.